The van der Waals surface area contributed by atoms with Gasteiger partial charge in [0.1, 0.15) is 0 Å². The second kappa shape index (κ2) is 4.21. The summed E-state index contributed by atoms with van der Waals surface area (Å²) in [7, 11) is 0. The maximum Gasteiger partial charge on any atom is 0.0261 e. The lowest BCUT2D eigenvalue weighted by Gasteiger charge is -2.36. The fourth-order valence-corrected chi connectivity index (χ4v) is 2.16. The zero-order valence-electron chi connectivity index (χ0n) is 7.63. The van der Waals surface area contributed by atoms with Crippen molar-refractivity contribution in [2.24, 2.45) is 0 Å². The number of nitrogens with zero attached hydrogens (tertiary/aromatic N) is 2. The summed E-state index contributed by atoms with van der Waals surface area (Å²) in [6.07, 6.45) is 2.67. The molecule has 2 fully saturated rings. The minimum Gasteiger partial charge on any atom is -0.317 e. The molecule has 2 saturated heterocycles. The van der Waals surface area contributed by atoms with Crippen molar-refractivity contribution in [3.63, 3.8) is 0 Å². The first-order chi connectivity index (χ1) is 5.97. The van der Waals surface area contributed by atoms with Gasteiger partial charge in [0.15, 0.2) is 0 Å². The monoisotopic (exact) mass is 168 g/mol. The number of hydrogen-bond acceptors (Lipinski definition) is 2. The van der Waals surface area contributed by atoms with Crippen molar-refractivity contribution in [2.75, 3.05) is 39.3 Å². The van der Waals surface area contributed by atoms with E-state index in [-0.39, 0.29) is 0 Å². The van der Waals surface area contributed by atoms with E-state index >= 15 is 0 Å². The highest BCUT2D eigenvalue weighted by Crippen LogP contribution is 2.11. The molecule has 2 rings (SSSR count). The van der Waals surface area contributed by atoms with Gasteiger partial charge in [-0.25, -0.2) is 5.32 Å². The van der Waals surface area contributed by atoms with Crippen LogP contribution in [0.4, 0.5) is 0 Å². The predicted octanol–water partition coefficient (Wildman–Crippen LogP) is -0.342. The van der Waals surface area contributed by atoms with Gasteiger partial charge in [0.25, 0.3) is 0 Å². The van der Waals surface area contributed by atoms with Gasteiger partial charge in [-0.05, 0) is 25.9 Å². The summed E-state index contributed by atoms with van der Waals surface area (Å²) < 4.78 is 0. The lowest BCUT2D eigenvalue weighted by atomic mass is 10.0. The quantitative estimate of drug-likeness (QED) is 0.580. The maximum atomic E-state index is 4.36. The number of rotatable bonds is 1. The molecule has 2 aliphatic rings. The molecule has 12 heavy (non-hydrogen) atoms. The Kier molecular flexibility index (Phi) is 2.98. The van der Waals surface area contributed by atoms with Crippen LogP contribution < -0.4 is 10.6 Å². The van der Waals surface area contributed by atoms with Crippen LogP contribution in [-0.2, 0) is 0 Å². The van der Waals surface area contributed by atoms with E-state index < -0.39 is 0 Å². The minimum absolute atomic E-state index is 0.849. The molecule has 0 aromatic carbocycles. The lowest BCUT2D eigenvalue weighted by molar-refractivity contribution is 0.143. The van der Waals surface area contributed by atoms with E-state index in [1.165, 1.54) is 39.0 Å². The number of nitrogens with one attached hydrogen (secondary N) is 1. The molecule has 3 heteroatoms. The Labute approximate surface area is 74.5 Å². The van der Waals surface area contributed by atoms with Crippen LogP contribution in [-0.4, -0.2) is 50.2 Å². The second-order valence-corrected chi connectivity index (χ2v) is 3.69. The van der Waals surface area contributed by atoms with Crippen molar-refractivity contribution in [2.45, 2.75) is 18.9 Å². The van der Waals surface area contributed by atoms with Gasteiger partial charge >= 0.3 is 0 Å². The van der Waals surface area contributed by atoms with Crippen molar-refractivity contribution in [3.8, 4) is 0 Å². The van der Waals surface area contributed by atoms with E-state index in [0.29, 0.717) is 0 Å². The molecule has 0 aliphatic carbocycles. The first-order valence-corrected chi connectivity index (χ1v) is 5.05. The van der Waals surface area contributed by atoms with Gasteiger partial charge in [-0.1, -0.05) is 0 Å². The Morgan fingerprint density at radius 1 is 1.08 bits per heavy atom. The van der Waals surface area contributed by atoms with Gasteiger partial charge in [-0.15, -0.1) is 0 Å². The van der Waals surface area contributed by atoms with Crippen molar-refractivity contribution in [1.82, 2.24) is 15.5 Å². The first-order valence-electron chi connectivity index (χ1n) is 5.05. The topological polar surface area (TPSA) is 29.4 Å². The third kappa shape index (κ3) is 1.97. The molecule has 2 heterocycles. The van der Waals surface area contributed by atoms with E-state index in [0.717, 1.165) is 19.1 Å². The zero-order valence-corrected chi connectivity index (χ0v) is 7.63. The molecule has 1 radical (unpaired) electrons. The third-order valence-electron chi connectivity index (χ3n) is 2.92. The number of hydrogen-bond donors (Lipinski definition) is 1. The molecule has 0 saturated carbocycles. The largest absolute Gasteiger partial charge is 0.317 e. The first kappa shape index (κ1) is 8.48. The molecule has 0 unspecified atom stereocenters. The summed E-state index contributed by atoms with van der Waals surface area (Å²) in [4.78, 5) is 2.62. The van der Waals surface area contributed by atoms with Crippen molar-refractivity contribution in [3.05, 3.63) is 0 Å². The smallest absolute Gasteiger partial charge is 0.0261 e. The van der Waals surface area contributed by atoms with Gasteiger partial charge in [0, 0.05) is 32.2 Å². The van der Waals surface area contributed by atoms with Crippen molar-refractivity contribution in [1.29, 1.82) is 0 Å². The molecular formula is C9H18N3. The van der Waals surface area contributed by atoms with Crippen molar-refractivity contribution < 1.29 is 0 Å². The SMILES string of the molecule is C1CN(C2CCNCC2)CC[N]1. The van der Waals surface area contributed by atoms with Crippen molar-refractivity contribution >= 4 is 0 Å². The second-order valence-electron chi connectivity index (χ2n) is 3.69. The molecule has 2 aliphatic heterocycles. The molecule has 1 N–H and O–H groups in total. The van der Waals surface area contributed by atoms with Crippen LogP contribution >= 0.6 is 0 Å². The zero-order chi connectivity index (χ0) is 8.23. The van der Waals surface area contributed by atoms with Gasteiger partial charge in [0.2, 0.25) is 0 Å². The van der Waals surface area contributed by atoms with E-state index in [1.807, 2.05) is 0 Å². The summed E-state index contributed by atoms with van der Waals surface area (Å²) >= 11 is 0. The van der Waals surface area contributed by atoms with Crippen LogP contribution in [0, 0.1) is 0 Å². The summed E-state index contributed by atoms with van der Waals surface area (Å²) in [6.45, 7) is 6.93. The molecule has 0 aromatic heterocycles. The summed E-state index contributed by atoms with van der Waals surface area (Å²) in [5, 5.41) is 7.77. The lowest BCUT2D eigenvalue weighted by Crippen LogP contribution is -2.49. The van der Waals surface area contributed by atoms with Crippen LogP contribution in [0.2, 0.25) is 0 Å². The Morgan fingerprint density at radius 3 is 2.42 bits per heavy atom. The van der Waals surface area contributed by atoms with E-state index in [1.54, 1.807) is 0 Å². The average Bonchev–Trinajstić information content (AvgIpc) is 2.21. The average molecular weight is 168 g/mol. The molecule has 0 atom stereocenters. The van der Waals surface area contributed by atoms with Gasteiger partial charge < -0.3 is 5.32 Å². The van der Waals surface area contributed by atoms with Gasteiger partial charge in [0.05, 0.1) is 0 Å². The fourth-order valence-electron chi connectivity index (χ4n) is 2.16. The van der Waals surface area contributed by atoms with Crippen LogP contribution in [0.1, 0.15) is 12.8 Å². The standard InChI is InChI=1S/C9H18N3/c1-3-10-4-2-9(1)12-7-5-11-6-8-12/h9-10H,1-8H2. The molecule has 3 nitrogen and oxygen atoms in total. The predicted molar refractivity (Wildman–Crippen MR) is 49.3 cm³/mol. The Bertz CT molecular complexity index is 110. The summed E-state index contributed by atoms with van der Waals surface area (Å²) in [5.41, 5.74) is 0. The number of piperidine rings is 1. The highest BCUT2D eigenvalue weighted by molar-refractivity contribution is 4.80. The normalized spacial score (nSPS) is 29.0. The third-order valence-corrected chi connectivity index (χ3v) is 2.92. The molecule has 0 spiro atoms. The van der Waals surface area contributed by atoms with Crippen LogP contribution in [0.15, 0.2) is 0 Å². The van der Waals surface area contributed by atoms with E-state index in [9.17, 15) is 0 Å². The molecule has 69 valence electrons. The van der Waals surface area contributed by atoms with Gasteiger partial charge in [-0.2, -0.15) is 0 Å². The Hall–Kier alpha value is -0.120. The van der Waals surface area contributed by atoms with E-state index in [4.69, 9.17) is 0 Å². The van der Waals surface area contributed by atoms with E-state index in [2.05, 4.69) is 15.5 Å². The molecule has 0 aromatic rings. The highest BCUT2D eigenvalue weighted by Gasteiger charge is 2.21. The minimum atomic E-state index is 0.849. The molecule has 0 bridgehead atoms. The summed E-state index contributed by atoms with van der Waals surface area (Å²) in [6, 6.07) is 0.849. The Balaban J connectivity index is 1.80. The number of piperazine rings is 1. The van der Waals surface area contributed by atoms with Crippen LogP contribution in [0.5, 0.6) is 0 Å². The molecular weight excluding hydrogens is 150 g/mol. The summed E-state index contributed by atoms with van der Waals surface area (Å²) in [5.74, 6) is 0. The highest BCUT2D eigenvalue weighted by atomic mass is 15.2. The van der Waals surface area contributed by atoms with Crippen LogP contribution in [0.3, 0.4) is 0 Å². The maximum absolute atomic E-state index is 4.36. The molecule has 0 amide bonds. The Morgan fingerprint density at radius 2 is 1.75 bits per heavy atom. The van der Waals surface area contributed by atoms with Gasteiger partial charge in [-0.3, -0.25) is 4.90 Å². The fraction of sp³-hybridized carbons (Fsp3) is 1.00. The van der Waals surface area contributed by atoms with Crippen LogP contribution in [0.25, 0.3) is 0 Å².